The lowest BCUT2D eigenvalue weighted by Crippen LogP contribution is -2.28. The first-order valence-electron chi connectivity index (χ1n) is 6.89. The Morgan fingerprint density at radius 3 is 2.50 bits per heavy atom. The third-order valence-electron chi connectivity index (χ3n) is 3.32. The van der Waals surface area contributed by atoms with Crippen molar-refractivity contribution in [2.24, 2.45) is 0 Å². The zero-order chi connectivity index (χ0) is 15.4. The van der Waals surface area contributed by atoms with Crippen LogP contribution in [0.25, 0.3) is 0 Å². The maximum Gasteiger partial charge on any atom is 0.252 e. The third-order valence-corrected chi connectivity index (χ3v) is 4.26. The molecule has 4 heteroatoms. The Kier molecular flexibility index (Phi) is 4.30. The molecule has 0 saturated carbocycles. The van der Waals surface area contributed by atoms with E-state index in [-0.39, 0.29) is 11.9 Å². The van der Waals surface area contributed by atoms with Crippen molar-refractivity contribution >= 4 is 17.2 Å². The zero-order valence-corrected chi connectivity index (χ0v) is 12.5. The second kappa shape index (κ2) is 6.54. The zero-order valence-electron chi connectivity index (χ0n) is 11.7. The number of hydrogen-bond acceptors (Lipinski definition) is 2. The van der Waals surface area contributed by atoms with Crippen LogP contribution < -0.4 is 5.32 Å². The van der Waals surface area contributed by atoms with Gasteiger partial charge >= 0.3 is 0 Å². The number of amides is 1. The molecule has 0 unspecified atom stereocenters. The van der Waals surface area contributed by atoms with Crippen molar-refractivity contribution in [3.63, 3.8) is 0 Å². The molecule has 1 atom stereocenters. The molecule has 3 aromatic rings. The van der Waals surface area contributed by atoms with Crippen molar-refractivity contribution < 1.29 is 9.18 Å². The summed E-state index contributed by atoms with van der Waals surface area (Å²) in [6.45, 7) is 0. The Labute approximate surface area is 132 Å². The Balaban J connectivity index is 1.89. The van der Waals surface area contributed by atoms with Crippen LogP contribution in [0, 0.1) is 5.82 Å². The lowest BCUT2D eigenvalue weighted by molar-refractivity contribution is 0.0943. The normalized spacial score (nSPS) is 11.9. The fourth-order valence-corrected chi connectivity index (χ4v) is 3.07. The van der Waals surface area contributed by atoms with Crippen LogP contribution in [-0.4, -0.2) is 5.91 Å². The summed E-state index contributed by atoms with van der Waals surface area (Å²) < 4.78 is 13.3. The molecule has 0 radical (unpaired) electrons. The molecule has 0 aliphatic rings. The number of benzene rings is 2. The molecule has 2 aromatic carbocycles. The van der Waals surface area contributed by atoms with Gasteiger partial charge in [0.25, 0.3) is 5.91 Å². The molecular weight excluding hydrogens is 297 g/mol. The number of carbonyl (C=O) groups is 1. The van der Waals surface area contributed by atoms with Crippen LogP contribution in [0.4, 0.5) is 4.39 Å². The molecule has 1 amide bonds. The Hall–Kier alpha value is -2.46. The summed E-state index contributed by atoms with van der Waals surface area (Å²) in [5.41, 5.74) is 1.31. The fraction of sp³-hybridized carbons (Fsp3) is 0.0556. The maximum atomic E-state index is 13.3. The van der Waals surface area contributed by atoms with E-state index in [0.29, 0.717) is 5.56 Å². The molecule has 0 spiro atoms. The minimum absolute atomic E-state index is 0.239. The molecule has 0 aliphatic carbocycles. The molecule has 1 N–H and O–H groups in total. The van der Waals surface area contributed by atoms with Gasteiger partial charge < -0.3 is 5.32 Å². The van der Waals surface area contributed by atoms with E-state index in [1.165, 1.54) is 18.2 Å². The molecule has 1 aromatic heterocycles. The van der Waals surface area contributed by atoms with Gasteiger partial charge in [-0.05, 0) is 35.2 Å². The summed E-state index contributed by atoms with van der Waals surface area (Å²) in [5.74, 6) is -0.707. The first-order valence-corrected chi connectivity index (χ1v) is 7.77. The molecule has 22 heavy (non-hydrogen) atoms. The molecule has 110 valence electrons. The number of hydrogen-bond donors (Lipinski definition) is 1. The van der Waals surface area contributed by atoms with Gasteiger partial charge in [0.1, 0.15) is 5.82 Å². The van der Waals surface area contributed by atoms with E-state index in [4.69, 9.17) is 0 Å². The van der Waals surface area contributed by atoms with Gasteiger partial charge in [-0.25, -0.2) is 4.39 Å². The average Bonchev–Trinajstić information content (AvgIpc) is 3.07. The van der Waals surface area contributed by atoms with Gasteiger partial charge in [0.05, 0.1) is 6.04 Å². The third kappa shape index (κ3) is 3.23. The number of halogens is 1. The predicted octanol–water partition coefficient (Wildman–Crippen LogP) is 4.41. The van der Waals surface area contributed by atoms with Crippen molar-refractivity contribution in [2.75, 3.05) is 0 Å². The Morgan fingerprint density at radius 1 is 1.00 bits per heavy atom. The second-order valence-corrected chi connectivity index (χ2v) is 5.82. The molecular formula is C18H14FNOS. The summed E-state index contributed by atoms with van der Waals surface area (Å²) in [6.07, 6.45) is 0. The summed E-state index contributed by atoms with van der Waals surface area (Å²) in [6, 6.07) is 19.1. The van der Waals surface area contributed by atoms with Crippen LogP contribution in [0.3, 0.4) is 0 Å². The summed E-state index contributed by atoms with van der Waals surface area (Å²) >= 11 is 1.58. The number of rotatable bonds is 4. The number of nitrogens with one attached hydrogen (secondary N) is 1. The topological polar surface area (TPSA) is 29.1 Å². The van der Waals surface area contributed by atoms with Crippen molar-refractivity contribution in [2.45, 2.75) is 6.04 Å². The molecule has 2 nitrogen and oxygen atoms in total. The second-order valence-electron chi connectivity index (χ2n) is 4.84. The Morgan fingerprint density at radius 2 is 1.82 bits per heavy atom. The van der Waals surface area contributed by atoms with Crippen LogP contribution in [0.1, 0.15) is 26.8 Å². The monoisotopic (exact) mass is 311 g/mol. The first-order chi connectivity index (χ1) is 10.7. The van der Waals surface area contributed by atoms with Crippen LogP contribution in [0.5, 0.6) is 0 Å². The lowest BCUT2D eigenvalue weighted by atomic mass is 10.0. The van der Waals surface area contributed by atoms with E-state index in [1.807, 2.05) is 47.8 Å². The van der Waals surface area contributed by atoms with Crippen LogP contribution in [0.2, 0.25) is 0 Å². The van der Waals surface area contributed by atoms with Gasteiger partial charge in [0.2, 0.25) is 0 Å². The SMILES string of the molecule is O=C(N[C@@H](c1ccccc1)c1cccs1)c1cccc(F)c1. The van der Waals surface area contributed by atoms with E-state index in [2.05, 4.69) is 5.32 Å². The van der Waals surface area contributed by atoms with Gasteiger partial charge in [0, 0.05) is 10.4 Å². The van der Waals surface area contributed by atoms with Crippen molar-refractivity contribution in [3.05, 3.63) is 93.9 Å². The number of carbonyl (C=O) groups excluding carboxylic acids is 1. The lowest BCUT2D eigenvalue weighted by Gasteiger charge is -2.18. The molecule has 0 saturated heterocycles. The summed E-state index contributed by atoms with van der Waals surface area (Å²) in [7, 11) is 0. The van der Waals surface area contributed by atoms with E-state index < -0.39 is 5.82 Å². The minimum Gasteiger partial charge on any atom is -0.340 e. The van der Waals surface area contributed by atoms with E-state index in [0.717, 1.165) is 10.4 Å². The molecule has 3 rings (SSSR count). The van der Waals surface area contributed by atoms with E-state index in [9.17, 15) is 9.18 Å². The highest BCUT2D eigenvalue weighted by Crippen LogP contribution is 2.26. The smallest absolute Gasteiger partial charge is 0.252 e. The predicted molar refractivity (Wildman–Crippen MR) is 86.5 cm³/mol. The summed E-state index contributed by atoms with van der Waals surface area (Å²) in [4.78, 5) is 13.4. The number of thiophene rings is 1. The molecule has 0 bridgehead atoms. The summed E-state index contributed by atoms with van der Waals surface area (Å²) in [5, 5.41) is 4.96. The van der Waals surface area contributed by atoms with Gasteiger partial charge in [-0.15, -0.1) is 11.3 Å². The van der Waals surface area contributed by atoms with Gasteiger partial charge in [-0.3, -0.25) is 4.79 Å². The molecule has 1 heterocycles. The van der Waals surface area contributed by atoms with Crippen molar-refractivity contribution in [1.82, 2.24) is 5.32 Å². The highest BCUT2D eigenvalue weighted by Gasteiger charge is 2.18. The van der Waals surface area contributed by atoms with E-state index in [1.54, 1.807) is 17.4 Å². The average molecular weight is 311 g/mol. The van der Waals surface area contributed by atoms with E-state index >= 15 is 0 Å². The van der Waals surface area contributed by atoms with Crippen LogP contribution in [0.15, 0.2) is 72.1 Å². The van der Waals surface area contributed by atoms with Crippen molar-refractivity contribution in [1.29, 1.82) is 0 Å². The highest BCUT2D eigenvalue weighted by molar-refractivity contribution is 7.10. The highest BCUT2D eigenvalue weighted by atomic mass is 32.1. The first kappa shape index (κ1) is 14.5. The van der Waals surface area contributed by atoms with Crippen LogP contribution >= 0.6 is 11.3 Å². The molecule has 0 aliphatic heterocycles. The minimum atomic E-state index is -0.417. The largest absolute Gasteiger partial charge is 0.340 e. The Bertz CT molecular complexity index is 756. The van der Waals surface area contributed by atoms with Crippen molar-refractivity contribution in [3.8, 4) is 0 Å². The quantitative estimate of drug-likeness (QED) is 0.760. The van der Waals surface area contributed by atoms with Gasteiger partial charge in [-0.1, -0.05) is 42.5 Å². The standard InChI is InChI=1S/C18H14FNOS/c19-15-9-4-8-14(12-15)18(21)20-17(16-10-5-11-22-16)13-6-2-1-3-7-13/h1-12,17H,(H,20,21)/t17-/m0/s1. The van der Waals surface area contributed by atoms with Gasteiger partial charge in [0.15, 0.2) is 0 Å². The van der Waals surface area contributed by atoms with Crippen LogP contribution in [-0.2, 0) is 0 Å². The van der Waals surface area contributed by atoms with Gasteiger partial charge in [-0.2, -0.15) is 0 Å². The molecule has 0 fully saturated rings. The fourth-order valence-electron chi connectivity index (χ4n) is 2.26. The maximum absolute atomic E-state index is 13.3.